The molecule has 0 spiro atoms. The van der Waals surface area contributed by atoms with Crippen molar-refractivity contribution in [3.63, 3.8) is 0 Å². The average molecular weight is 438 g/mol. The molecule has 0 unspecified atom stereocenters. The van der Waals surface area contributed by atoms with E-state index in [1.54, 1.807) is 28.9 Å². The summed E-state index contributed by atoms with van der Waals surface area (Å²) in [7, 11) is 0. The second-order valence-corrected chi connectivity index (χ2v) is 7.91. The number of nitrogens with one attached hydrogen (secondary N) is 1. The molecule has 0 aliphatic rings. The Morgan fingerprint density at radius 2 is 1.89 bits per heavy atom. The first kappa shape index (κ1) is 18.4. The highest BCUT2D eigenvalue weighted by Crippen LogP contribution is 2.27. The summed E-state index contributed by atoms with van der Waals surface area (Å²) in [4.78, 5) is 19.7. The lowest BCUT2D eigenvalue weighted by Gasteiger charge is -2.06. The van der Waals surface area contributed by atoms with Gasteiger partial charge >= 0.3 is 0 Å². The van der Waals surface area contributed by atoms with Crippen LogP contribution in [0.5, 0.6) is 0 Å². The van der Waals surface area contributed by atoms with E-state index >= 15 is 0 Å². The molecule has 0 atom stereocenters. The number of rotatable bonds is 4. The van der Waals surface area contributed by atoms with Crippen molar-refractivity contribution in [1.82, 2.24) is 19.7 Å². The monoisotopic (exact) mass is 436 g/mol. The molecule has 0 saturated carbocycles. The fourth-order valence-corrected chi connectivity index (χ4v) is 4.15. The van der Waals surface area contributed by atoms with Gasteiger partial charge in [0.15, 0.2) is 10.8 Å². The summed E-state index contributed by atoms with van der Waals surface area (Å²) in [5, 5.41) is 6.89. The normalized spacial score (nSPS) is 11.2. The number of aromatic nitrogens is 4. The van der Waals surface area contributed by atoms with Gasteiger partial charge in [-0.05, 0) is 35.9 Å². The van der Waals surface area contributed by atoms with Crippen LogP contribution < -0.4 is 5.56 Å². The van der Waals surface area contributed by atoms with Crippen molar-refractivity contribution in [2.24, 2.45) is 0 Å². The summed E-state index contributed by atoms with van der Waals surface area (Å²) in [6.45, 7) is 0. The standard InChI is InChI=1S/C18H11Cl3N4OS/c19-11-2-1-3-13(6-11)25-16-14(8-22-25)17(26)24-18(23-16)27-9-10-4-5-12(20)7-15(10)21/h1-8H,9H2,(H,23,24,26). The lowest BCUT2D eigenvalue weighted by molar-refractivity contribution is 0.873. The minimum atomic E-state index is -0.252. The van der Waals surface area contributed by atoms with Crippen LogP contribution in [0.1, 0.15) is 5.56 Å². The van der Waals surface area contributed by atoms with Crippen molar-refractivity contribution in [2.45, 2.75) is 10.9 Å². The van der Waals surface area contributed by atoms with E-state index in [4.69, 9.17) is 34.8 Å². The van der Waals surface area contributed by atoms with Gasteiger partial charge < -0.3 is 4.98 Å². The van der Waals surface area contributed by atoms with E-state index in [0.29, 0.717) is 37.0 Å². The minimum Gasteiger partial charge on any atom is -0.301 e. The zero-order valence-electron chi connectivity index (χ0n) is 13.6. The number of thioether (sulfide) groups is 1. The molecule has 2 aromatic carbocycles. The molecular formula is C18H11Cl3N4OS. The van der Waals surface area contributed by atoms with Crippen LogP contribution in [-0.4, -0.2) is 19.7 Å². The Morgan fingerprint density at radius 1 is 1.07 bits per heavy atom. The highest BCUT2D eigenvalue weighted by molar-refractivity contribution is 7.98. The van der Waals surface area contributed by atoms with Gasteiger partial charge in [0.25, 0.3) is 5.56 Å². The predicted molar refractivity (Wildman–Crippen MR) is 111 cm³/mol. The van der Waals surface area contributed by atoms with Crippen LogP contribution in [-0.2, 0) is 5.75 Å². The van der Waals surface area contributed by atoms with Crippen LogP contribution >= 0.6 is 46.6 Å². The van der Waals surface area contributed by atoms with Gasteiger partial charge in [0.05, 0.1) is 11.9 Å². The van der Waals surface area contributed by atoms with Crippen LogP contribution in [0.3, 0.4) is 0 Å². The van der Waals surface area contributed by atoms with Crippen LogP contribution in [0.4, 0.5) is 0 Å². The summed E-state index contributed by atoms with van der Waals surface area (Å²) in [6.07, 6.45) is 1.49. The SMILES string of the molecule is O=c1[nH]c(SCc2ccc(Cl)cc2Cl)nc2c1cnn2-c1cccc(Cl)c1. The third-order valence-electron chi connectivity index (χ3n) is 3.85. The van der Waals surface area contributed by atoms with E-state index in [-0.39, 0.29) is 5.56 Å². The molecular weight excluding hydrogens is 427 g/mol. The van der Waals surface area contributed by atoms with E-state index in [9.17, 15) is 4.79 Å². The van der Waals surface area contributed by atoms with Crippen molar-refractivity contribution >= 4 is 57.6 Å². The maximum Gasteiger partial charge on any atom is 0.262 e. The highest BCUT2D eigenvalue weighted by atomic mass is 35.5. The van der Waals surface area contributed by atoms with Gasteiger partial charge in [-0.2, -0.15) is 5.10 Å². The Labute approximate surface area is 173 Å². The van der Waals surface area contributed by atoms with Gasteiger partial charge in [-0.25, -0.2) is 9.67 Å². The molecule has 9 heteroatoms. The number of nitrogens with zero attached hydrogens (tertiary/aromatic N) is 3. The van der Waals surface area contributed by atoms with Crippen molar-refractivity contribution < 1.29 is 0 Å². The number of fused-ring (bicyclic) bond motifs is 1. The fourth-order valence-electron chi connectivity index (χ4n) is 2.55. The maximum atomic E-state index is 12.4. The van der Waals surface area contributed by atoms with E-state index in [0.717, 1.165) is 11.3 Å². The largest absolute Gasteiger partial charge is 0.301 e. The van der Waals surface area contributed by atoms with Gasteiger partial charge in [0, 0.05) is 20.8 Å². The smallest absolute Gasteiger partial charge is 0.262 e. The highest BCUT2D eigenvalue weighted by Gasteiger charge is 2.13. The Kier molecular flexibility index (Phi) is 5.14. The molecule has 5 nitrogen and oxygen atoms in total. The molecule has 0 radical (unpaired) electrons. The van der Waals surface area contributed by atoms with E-state index in [1.807, 2.05) is 18.2 Å². The van der Waals surface area contributed by atoms with Crippen molar-refractivity contribution in [3.05, 3.63) is 79.6 Å². The Bertz CT molecular complexity index is 1200. The molecule has 4 aromatic rings. The van der Waals surface area contributed by atoms with Gasteiger partial charge in [-0.15, -0.1) is 0 Å². The number of hydrogen-bond donors (Lipinski definition) is 1. The number of benzene rings is 2. The second-order valence-electron chi connectivity index (χ2n) is 5.67. The molecule has 0 aliphatic heterocycles. The molecule has 136 valence electrons. The van der Waals surface area contributed by atoms with Crippen LogP contribution in [0.2, 0.25) is 15.1 Å². The number of halogens is 3. The zero-order valence-corrected chi connectivity index (χ0v) is 16.7. The lowest BCUT2D eigenvalue weighted by atomic mass is 10.2. The maximum absolute atomic E-state index is 12.4. The van der Waals surface area contributed by atoms with Crippen molar-refractivity contribution in [3.8, 4) is 5.69 Å². The summed E-state index contributed by atoms with van der Waals surface area (Å²) in [5.41, 5.74) is 1.84. The first-order valence-corrected chi connectivity index (χ1v) is 9.94. The van der Waals surface area contributed by atoms with Gasteiger partial charge in [0.1, 0.15) is 5.39 Å². The Hall–Kier alpha value is -1.99. The summed E-state index contributed by atoms with van der Waals surface area (Å²) >= 11 is 19.6. The zero-order chi connectivity index (χ0) is 19.0. The molecule has 2 heterocycles. The van der Waals surface area contributed by atoms with Gasteiger partial charge in [0.2, 0.25) is 0 Å². The average Bonchev–Trinajstić information content (AvgIpc) is 3.05. The molecule has 1 N–H and O–H groups in total. The van der Waals surface area contributed by atoms with Crippen LogP contribution in [0.25, 0.3) is 16.7 Å². The number of aromatic amines is 1. The van der Waals surface area contributed by atoms with E-state index < -0.39 is 0 Å². The number of hydrogen-bond acceptors (Lipinski definition) is 4. The Balaban J connectivity index is 1.70. The van der Waals surface area contributed by atoms with Crippen LogP contribution in [0, 0.1) is 0 Å². The van der Waals surface area contributed by atoms with E-state index in [1.165, 1.54) is 18.0 Å². The van der Waals surface area contributed by atoms with Gasteiger partial charge in [-0.3, -0.25) is 4.79 Å². The molecule has 27 heavy (non-hydrogen) atoms. The quantitative estimate of drug-likeness (QED) is 0.345. The molecule has 2 aromatic heterocycles. The summed E-state index contributed by atoms with van der Waals surface area (Å²) < 4.78 is 1.59. The van der Waals surface area contributed by atoms with E-state index in [2.05, 4.69) is 15.1 Å². The third-order valence-corrected chi connectivity index (χ3v) is 5.59. The minimum absolute atomic E-state index is 0.252. The van der Waals surface area contributed by atoms with Crippen molar-refractivity contribution in [2.75, 3.05) is 0 Å². The van der Waals surface area contributed by atoms with Crippen LogP contribution in [0.15, 0.2) is 58.6 Å². The molecule has 0 saturated heterocycles. The fraction of sp³-hybridized carbons (Fsp3) is 0.0556. The first-order valence-electron chi connectivity index (χ1n) is 7.82. The topological polar surface area (TPSA) is 63.6 Å². The third kappa shape index (κ3) is 3.84. The molecule has 0 amide bonds. The molecule has 0 fully saturated rings. The second kappa shape index (κ2) is 7.56. The van der Waals surface area contributed by atoms with Crippen molar-refractivity contribution in [1.29, 1.82) is 0 Å². The predicted octanol–water partition coefficient (Wildman–Crippen LogP) is 5.36. The summed E-state index contributed by atoms with van der Waals surface area (Å²) in [5.74, 6) is 0.537. The molecule has 4 rings (SSSR count). The molecule has 0 aliphatic carbocycles. The number of H-pyrrole nitrogens is 1. The van der Waals surface area contributed by atoms with Gasteiger partial charge in [-0.1, -0.05) is 58.7 Å². The Morgan fingerprint density at radius 3 is 2.67 bits per heavy atom. The lowest BCUT2D eigenvalue weighted by Crippen LogP contribution is -2.09. The molecule has 0 bridgehead atoms. The first-order chi connectivity index (χ1) is 13.0. The summed E-state index contributed by atoms with van der Waals surface area (Å²) in [6, 6.07) is 12.5.